The van der Waals surface area contributed by atoms with E-state index in [1.807, 2.05) is 48.3 Å². The lowest BCUT2D eigenvalue weighted by Gasteiger charge is -2.33. The van der Waals surface area contributed by atoms with Gasteiger partial charge >= 0.3 is 5.97 Å². The summed E-state index contributed by atoms with van der Waals surface area (Å²) in [5, 5.41) is 20.9. The first kappa shape index (κ1) is 25.6. The number of nitrogens with one attached hydrogen (secondary N) is 2. The summed E-state index contributed by atoms with van der Waals surface area (Å²) in [6.45, 7) is 7.92. The van der Waals surface area contributed by atoms with Crippen molar-refractivity contribution in [3.63, 3.8) is 0 Å². The zero-order valence-electron chi connectivity index (χ0n) is 21.4. The van der Waals surface area contributed by atoms with Crippen LogP contribution in [0.25, 0.3) is 0 Å². The van der Waals surface area contributed by atoms with E-state index in [0.29, 0.717) is 11.6 Å². The summed E-state index contributed by atoms with van der Waals surface area (Å²) in [6.07, 6.45) is 6.22. The molecule has 1 aliphatic heterocycles. The fraction of sp³-hybridized carbons (Fsp3) is 0.429. The van der Waals surface area contributed by atoms with E-state index < -0.39 is 5.97 Å². The van der Waals surface area contributed by atoms with Crippen LogP contribution in [-0.4, -0.2) is 45.9 Å². The van der Waals surface area contributed by atoms with E-state index in [9.17, 15) is 9.90 Å². The Labute approximate surface area is 212 Å². The Hall–Kier alpha value is -3.52. The lowest BCUT2D eigenvalue weighted by atomic mass is 9.84. The number of aromatic nitrogens is 2. The predicted octanol–water partition coefficient (Wildman–Crippen LogP) is 5.72. The summed E-state index contributed by atoms with van der Waals surface area (Å²) < 4.78 is 2.02. The molecule has 3 N–H and O–H groups in total. The number of aliphatic carboxylic acids is 1. The first-order valence-electron chi connectivity index (χ1n) is 12.6. The molecule has 0 saturated carbocycles. The quantitative estimate of drug-likeness (QED) is 0.316. The van der Waals surface area contributed by atoms with Gasteiger partial charge in [-0.25, -0.2) is 5.53 Å². The Morgan fingerprint density at radius 1 is 1.31 bits per heavy atom. The average Bonchev–Trinajstić information content (AvgIpc) is 3.37. The number of hydrogen-bond donors (Lipinski definition) is 3. The van der Waals surface area contributed by atoms with Crippen molar-refractivity contribution in [3.05, 3.63) is 76.6 Å². The molecule has 1 unspecified atom stereocenters. The summed E-state index contributed by atoms with van der Waals surface area (Å²) in [6, 6.07) is 12.2. The summed E-state index contributed by atoms with van der Waals surface area (Å²) in [7, 11) is 1.80. The number of carboxylic acids is 1. The lowest BCUT2D eigenvalue weighted by Crippen LogP contribution is -2.36. The number of benzene rings is 2. The van der Waals surface area contributed by atoms with Crippen LogP contribution in [0.5, 0.6) is 0 Å². The van der Waals surface area contributed by atoms with Crippen LogP contribution in [0.1, 0.15) is 53.0 Å². The summed E-state index contributed by atoms with van der Waals surface area (Å²) >= 11 is 0. The van der Waals surface area contributed by atoms with E-state index >= 15 is 0 Å². The van der Waals surface area contributed by atoms with Gasteiger partial charge < -0.3 is 10.4 Å². The van der Waals surface area contributed by atoms with Crippen LogP contribution >= 0.6 is 0 Å². The van der Waals surface area contributed by atoms with Crippen LogP contribution in [0.3, 0.4) is 0 Å². The first-order chi connectivity index (χ1) is 17.4. The van der Waals surface area contributed by atoms with Gasteiger partial charge in [0.05, 0.1) is 12.1 Å². The van der Waals surface area contributed by atoms with E-state index in [4.69, 9.17) is 5.53 Å². The number of likely N-dealkylation sites (tertiary alicyclic amines) is 1. The van der Waals surface area contributed by atoms with Crippen LogP contribution in [0.4, 0.5) is 11.4 Å². The Morgan fingerprint density at radius 3 is 2.83 bits per heavy atom. The number of carbonyl (C=O) groups is 1. The fourth-order valence-electron chi connectivity index (χ4n) is 5.46. The molecule has 4 rings (SSSR count). The highest BCUT2D eigenvalue weighted by atomic mass is 16.4. The van der Waals surface area contributed by atoms with Crippen LogP contribution in [-0.2, 0) is 17.9 Å². The van der Waals surface area contributed by atoms with Crippen molar-refractivity contribution in [1.82, 2.24) is 14.7 Å². The SMILES string of the molecule is CNc1ccc([C@@H](CC(=O)O)c2ccc(C)c(CN3CCCC(Cn4cccn4)C3)c2)c(C)c1N=N. The van der Waals surface area contributed by atoms with Gasteiger partial charge in [0.1, 0.15) is 5.69 Å². The molecule has 36 heavy (non-hydrogen) atoms. The maximum Gasteiger partial charge on any atom is 0.304 e. The number of piperidine rings is 1. The highest BCUT2D eigenvalue weighted by Crippen LogP contribution is 2.39. The van der Waals surface area contributed by atoms with Crippen molar-refractivity contribution in [1.29, 1.82) is 5.53 Å². The van der Waals surface area contributed by atoms with Gasteiger partial charge in [-0.1, -0.05) is 24.3 Å². The third-order valence-electron chi connectivity index (χ3n) is 7.39. The minimum atomic E-state index is -0.846. The molecule has 2 atom stereocenters. The van der Waals surface area contributed by atoms with Crippen molar-refractivity contribution in [2.45, 2.75) is 52.1 Å². The smallest absolute Gasteiger partial charge is 0.304 e. The molecular formula is C28H36N6O2. The van der Waals surface area contributed by atoms with Crippen molar-refractivity contribution >= 4 is 17.3 Å². The molecule has 8 nitrogen and oxygen atoms in total. The molecule has 0 spiro atoms. The normalized spacial score (nSPS) is 17.0. The maximum absolute atomic E-state index is 11.9. The monoisotopic (exact) mass is 488 g/mol. The molecule has 0 aliphatic carbocycles. The zero-order valence-corrected chi connectivity index (χ0v) is 21.4. The van der Waals surface area contributed by atoms with Crippen LogP contribution < -0.4 is 5.32 Å². The number of nitrogens with zero attached hydrogens (tertiary/aromatic N) is 4. The van der Waals surface area contributed by atoms with Gasteiger partial charge in [-0.15, -0.1) is 0 Å². The fourth-order valence-corrected chi connectivity index (χ4v) is 5.46. The molecule has 1 fully saturated rings. The van der Waals surface area contributed by atoms with Gasteiger partial charge in [0.25, 0.3) is 0 Å². The molecule has 2 aromatic carbocycles. The van der Waals surface area contributed by atoms with Crippen molar-refractivity contribution in [2.75, 3.05) is 25.5 Å². The highest BCUT2D eigenvalue weighted by molar-refractivity contribution is 5.73. The minimum absolute atomic E-state index is 0.0185. The second kappa shape index (κ2) is 11.5. The first-order valence-corrected chi connectivity index (χ1v) is 12.6. The molecule has 190 valence electrons. The summed E-state index contributed by atoms with van der Waals surface area (Å²) in [4.78, 5) is 14.4. The van der Waals surface area contributed by atoms with E-state index in [-0.39, 0.29) is 12.3 Å². The van der Waals surface area contributed by atoms with Crippen LogP contribution in [0.2, 0.25) is 0 Å². The molecule has 0 bridgehead atoms. The predicted molar refractivity (Wildman–Crippen MR) is 141 cm³/mol. The van der Waals surface area contributed by atoms with Crippen molar-refractivity contribution in [2.24, 2.45) is 11.0 Å². The molecule has 3 aromatic rings. The molecule has 2 heterocycles. The molecule has 0 radical (unpaired) electrons. The van der Waals surface area contributed by atoms with Gasteiger partial charge in [0, 0.05) is 45.0 Å². The molecule has 1 saturated heterocycles. The van der Waals surface area contributed by atoms with E-state index in [1.165, 1.54) is 24.0 Å². The largest absolute Gasteiger partial charge is 0.481 e. The second-order valence-corrected chi connectivity index (χ2v) is 9.85. The Bertz CT molecular complexity index is 1210. The lowest BCUT2D eigenvalue weighted by molar-refractivity contribution is -0.137. The Kier molecular flexibility index (Phi) is 8.15. The number of anilines is 1. The van der Waals surface area contributed by atoms with Crippen molar-refractivity contribution < 1.29 is 9.90 Å². The minimum Gasteiger partial charge on any atom is -0.481 e. The van der Waals surface area contributed by atoms with E-state index in [0.717, 1.165) is 48.6 Å². The van der Waals surface area contributed by atoms with Gasteiger partial charge in [0.15, 0.2) is 0 Å². The zero-order chi connectivity index (χ0) is 25.7. The second-order valence-electron chi connectivity index (χ2n) is 9.85. The van der Waals surface area contributed by atoms with Crippen molar-refractivity contribution in [3.8, 4) is 0 Å². The van der Waals surface area contributed by atoms with E-state index in [1.54, 1.807) is 7.05 Å². The number of rotatable bonds is 10. The Morgan fingerprint density at radius 2 is 2.14 bits per heavy atom. The van der Waals surface area contributed by atoms with Crippen LogP contribution in [0.15, 0.2) is 53.9 Å². The average molecular weight is 489 g/mol. The highest BCUT2D eigenvalue weighted by Gasteiger charge is 2.24. The summed E-state index contributed by atoms with van der Waals surface area (Å²) in [5.41, 5.74) is 14.1. The third kappa shape index (κ3) is 5.82. The molecule has 0 amide bonds. The topological polar surface area (TPSA) is 107 Å². The summed E-state index contributed by atoms with van der Waals surface area (Å²) in [5.74, 6) is -0.592. The number of aryl methyl sites for hydroxylation is 1. The van der Waals surface area contributed by atoms with Crippen LogP contribution in [0, 0.1) is 25.3 Å². The van der Waals surface area contributed by atoms with E-state index in [2.05, 4.69) is 39.5 Å². The standard InChI is InChI=1S/C28H36N6O2/c1-19-7-8-22(25(15-27(35)36)24-9-10-26(30-3)28(32-29)20(24)2)14-23(19)18-33-12-4-6-21(16-33)17-34-13-5-11-31-34/h5,7-11,13-14,21,25,29-30H,4,6,12,15-18H2,1-3H3,(H,35,36)/t21?,25-/m0/s1. The molecular weight excluding hydrogens is 452 g/mol. The third-order valence-corrected chi connectivity index (χ3v) is 7.39. The molecule has 1 aliphatic rings. The number of carboxylic acid groups (broad SMARTS) is 1. The molecule has 1 aromatic heterocycles. The van der Waals surface area contributed by atoms with Gasteiger partial charge in [0.2, 0.25) is 0 Å². The van der Waals surface area contributed by atoms with Gasteiger partial charge in [-0.3, -0.25) is 14.4 Å². The van der Waals surface area contributed by atoms with Gasteiger partial charge in [-0.2, -0.15) is 10.2 Å². The molecule has 8 heteroatoms. The number of hydrogen-bond acceptors (Lipinski definition) is 6. The van der Waals surface area contributed by atoms with Gasteiger partial charge in [-0.05, 0) is 79.1 Å². The Balaban J connectivity index is 1.60. The maximum atomic E-state index is 11.9.